The summed E-state index contributed by atoms with van der Waals surface area (Å²) >= 11 is 0. The van der Waals surface area contributed by atoms with Gasteiger partial charge in [0.25, 0.3) is 5.91 Å². The lowest BCUT2D eigenvalue weighted by Gasteiger charge is -2.43. The Kier molecular flexibility index (Phi) is 5.49. The lowest BCUT2D eigenvalue weighted by atomic mass is 10.1. The van der Waals surface area contributed by atoms with Crippen molar-refractivity contribution in [2.45, 2.75) is 24.9 Å². The molecule has 6 rings (SSSR count). The summed E-state index contributed by atoms with van der Waals surface area (Å²) in [5.41, 5.74) is 4.86. The normalized spacial score (nSPS) is 19.1. The second-order valence-corrected chi connectivity index (χ2v) is 9.31. The maximum atomic E-state index is 12.6. The molecule has 6 nitrogen and oxygen atoms in total. The topological polar surface area (TPSA) is 57.7 Å². The molecule has 1 amide bonds. The number of ether oxygens (including phenoxy) is 1. The van der Waals surface area contributed by atoms with Crippen molar-refractivity contribution in [3.8, 4) is 5.75 Å². The molecule has 2 aliphatic heterocycles. The van der Waals surface area contributed by atoms with E-state index in [4.69, 9.17) is 4.74 Å². The summed E-state index contributed by atoms with van der Waals surface area (Å²) in [4.78, 5) is 22.3. The number of benzene rings is 3. The van der Waals surface area contributed by atoms with Gasteiger partial charge in [-0.3, -0.25) is 9.78 Å². The lowest BCUT2D eigenvalue weighted by Crippen LogP contribution is -2.54. The molecular weight excluding hydrogens is 436 g/mol. The standard InChI is InChI=1S/C29H28N4O2/c1-35-27-14-6-20(7-15-27)29(34)31-22-8-10-23(11-9-22)33-24-12-13-25(33)19-32(18-24)26-16-21-4-2-3-5-28(21)30-17-26/h2-11,14-17,24-25H,12-13,18-19H2,1H3,(H,31,34). The van der Waals surface area contributed by atoms with E-state index in [0.717, 1.165) is 30.0 Å². The van der Waals surface area contributed by atoms with Gasteiger partial charge in [0.2, 0.25) is 0 Å². The molecule has 2 fully saturated rings. The molecule has 35 heavy (non-hydrogen) atoms. The Balaban J connectivity index is 1.14. The first-order chi connectivity index (χ1) is 17.2. The number of piperazine rings is 1. The number of nitrogens with zero attached hydrogens (tertiary/aromatic N) is 3. The van der Waals surface area contributed by atoms with E-state index in [1.165, 1.54) is 29.6 Å². The van der Waals surface area contributed by atoms with Crippen LogP contribution in [-0.2, 0) is 0 Å². The van der Waals surface area contributed by atoms with Gasteiger partial charge in [-0.1, -0.05) is 18.2 Å². The number of aromatic nitrogens is 1. The van der Waals surface area contributed by atoms with Crippen molar-refractivity contribution in [2.75, 3.05) is 35.3 Å². The summed E-state index contributed by atoms with van der Waals surface area (Å²) in [6, 6.07) is 26.9. The number of fused-ring (bicyclic) bond motifs is 3. The Hall–Kier alpha value is -4.06. The number of para-hydroxylation sites is 1. The monoisotopic (exact) mass is 464 g/mol. The Morgan fingerprint density at radius 2 is 1.63 bits per heavy atom. The highest BCUT2D eigenvalue weighted by molar-refractivity contribution is 6.04. The second kappa shape index (κ2) is 8.95. The zero-order valence-corrected chi connectivity index (χ0v) is 19.7. The van der Waals surface area contributed by atoms with Crippen LogP contribution in [0.1, 0.15) is 23.2 Å². The van der Waals surface area contributed by atoms with Gasteiger partial charge in [-0.25, -0.2) is 0 Å². The van der Waals surface area contributed by atoms with Crippen molar-refractivity contribution < 1.29 is 9.53 Å². The van der Waals surface area contributed by atoms with Gasteiger partial charge in [0.05, 0.1) is 24.5 Å². The molecule has 2 atom stereocenters. The number of amides is 1. The Bertz CT molecular complexity index is 1340. The number of hydrogen-bond donors (Lipinski definition) is 1. The first-order valence-corrected chi connectivity index (χ1v) is 12.1. The van der Waals surface area contributed by atoms with E-state index >= 15 is 0 Å². The van der Waals surface area contributed by atoms with E-state index in [-0.39, 0.29) is 5.91 Å². The number of methoxy groups -OCH3 is 1. The van der Waals surface area contributed by atoms with E-state index < -0.39 is 0 Å². The summed E-state index contributed by atoms with van der Waals surface area (Å²) < 4.78 is 5.17. The third-order valence-electron chi connectivity index (χ3n) is 7.20. The van der Waals surface area contributed by atoms with Crippen molar-refractivity contribution in [1.29, 1.82) is 0 Å². The zero-order valence-electron chi connectivity index (χ0n) is 19.7. The van der Waals surface area contributed by atoms with Crippen LogP contribution >= 0.6 is 0 Å². The summed E-state index contributed by atoms with van der Waals surface area (Å²) in [6.07, 6.45) is 4.40. The fraction of sp³-hybridized carbons (Fsp3) is 0.241. The van der Waals surface area contributed by atoms with Crippen LogP contribution in [0, 0.1) is 0 Å². The van der Waals surface area contributed by atoms with Gasteiger partial charge in [-0.15, -0.1) is 0 Å². The molecule has 2 unspecified atom stereocenters. The van der Waals surface area contributed by atoms with E-state index in [9.17, 15) is 4.79 Å². The molecule has 1 N–H and O–H groups in total. The number of rotatable bonds is 5. The summed E-state index contributed by atoms with van der Waals surface area (Å²) in [5, 5.41) is 4.18. The predicted molar refractivity (Wildman–Crippen MR) is 141 cm³/mol. The van der Waals surface area contributed by atoms with Crippen molar-refractivity contribution in [3.63, 3.8) is 0 Å². The molecule has 6 heteroatoms. The minimum atomic E-state index is -0.127. The highest BCUT2D eigenvalue weighted by Gasteiger charge is 2.40. The van der Waals surface area contributed by atoms with Crippen LogP contribution < -0.4 is 19.9 Å². The Morgan fingerprint density at radius 3 is 2.34 bits per heavy atom. The van der Waals surface area contributed by atoms with Crippen LogP contribution in [0.4, 0.5) is 17.1 Å². The van der Waals surface area contributed by atoms with Gasteiger partial charge in [0, 0.05) is 47.5 Å². The molecule has 1 aromatic heterocycles. The van der Waals surface area contributed by atoms with Crippen LogP contribution in [0.3, 0.4) is 0 Å². The molecule has 4 aromatic rings. The average molecular weight is 465 g/mol. The predicted octanol–water partition coefficient (Wildman–Crippen LogP) is 5.35. The molecule has 0 radical (unpaired) electrons. The summed E-state index contributed by atoms with van der Waals surface area (Å²) in [7, 11) is 1.61. The molecule has 0 saturated carbocycles. The third kappa shape index (κ3) is 4.16. The maximum absolute atomic E-state index is 12.6. The molecular formula is C29H28N4O2. The van der Waals surface area contributed by atoms with Crippen LogP contribution in [0.15, 0.2) is 85.1 Å². The zero-order chi connectivity index (χ0) is 23.8. The van der Waals surface area contributed by atoms with Crippen LogP contribution in [0.25, 0.3) is 10.9 Å². The van der Waals surface area contributed by atoms with Gasteiger partial charge in [0.1, 0.15) is 5.75 Å². The fourth-order valence-corrected chi connectivity index (χ4v) is 5.43. The average Bonchev–Trinajstić information content (AvgIpc) is 3.17. The van der Waals surface area contributed by atoms with Crippen molar-refractivity contribution in [2.24, 2.45) is 0 Å². The van der Waals surface area contributed by atoms with E-state index in [1.54, 1.807) is 31.4 Å². The number of hydrogen-bond acceptors (Lipinski definition) is 5. The Labute approximate surface area is 205 Å². The largest absolute Gasteiger partial charge is 0.497 e. The van der Waals surface area contributed by atoms with E-state index in [2.05, 4.69) is 56.5 Å². The molecule has 0 spiro atoms. The number of carbonyl (C=O) groups excluding carboxylic acids is 1. The second-order valence-electron chi connectivity index (χ2n) is 9.31. The van der Waals surface area contributed by atoms with Gasteiger partial charge in [-0.05, 0) is 73.5 Å². The molecule has 0 aliphatic carbocycles. The fourth-order valence-electron chi connectivity index (χ4n) is 5.43. The minimum Gasteiger partial charge on any atom is -0.497 e. The van der Waals surface area contributed by atoms with Crippen LogP contribution in [0.2, 0.25) is 0 Å². The first kappa shape index (κ1) is 21.5. The number of nitrogens with one attached hydrogen (secondary N) is 1. The third-order valence-corrected chi connectivity index (χ3v) is 7.20. The minimum absolute atomic E-state index is 0.127. The highest BCUT2D eigenvalue weighted by atomic mass is 16.5. The van der Waals surface area contributed by atoms with E-state index in [1.807, 2.05) is 24.4 Å². The Morgan fingerprint density at radius 1 is 0.914 bits per heavy atom. The quantitative estimate of drug-likeness (QED) is 0.431. The molecule has 2 bridgehead atoms. The molecule has 2 saturated heterocycles. The molecule has 176 valence electrons. The summed E-state index contributed by atoms with van der Waals surface area (Å²) in [6.45, 7) is 1.99. The number of anilines is 3. The molecule has 3 heterocycles. The molecule has 3 aromatic carbocycles. The SMILES string of the molecule is COc1ccc(C(=O)Nc2ccc(N3C4CCC3CN(c3cnc5ccccc5c3)C4)cc2)cc1. The maximum Gasteiger partial charge on any atom is 0.255 e. The number of carbonyl (C=O) groups is 1. The van der Waals surface area contributed by atoms with Crippen LogP contribution in [-0.4, -0.2) is 43.2 Å². The van der Waals surface area contributed by atoms with Crippen molar-refractivity contribution >= 4 is 33.9 Å². The van der Waals surface area contributed by atoms with Gasteiger partial charge >= 0.3 is 0 Å². The van der Waals surface area contributed by atoms with Crippen LogP contribution in [0.5, 0.6) is 5.75 Å². The van der Waals surface area contributed by atoms with Gasteiger partial charge in [-0.2, -0.15) is 0 Å². The van der Waals surface area contributed by atoms with Crippen molar-refractivity contribution in [3.05, 3.63) is 90.6 Å². The summed E-state index contributed by atoms with van der Waals surface area (Å²) in [5.74, 6) is 0.607. The van der Waals surface area contributed by atoms with Gasteiger partial charge in [0.15, 0.2) is 0 Å². The van der Waals surface area contributed by atoms with E-state index in [0.29, 0.717) is 17.6 Å². The lowest BCUT2D eigenvalue weighted by molar-refractivity contribution is 0.102. The highest BCUT2D eigenvalue weighted by Crippen LogP contribution is 2.37. The number of pyridine rings is 1. The van der Waals surface area contributed by atoms with Gasteiger partial charge < -0.3 is 19.9 Å². The molecule has 2 aliphatic rings. The van der Waals surface area contributed by atoms with Crippen molar-refractivity contribution in [1.82, 2.24) is 4.98 Å². The smallest absolute Gasteiger partial charge is 0.255 e. The first-order valence-electron chi connectivity index (χ1n) is 12.1.